The van der Waals surface area contributed by atoms with Crippen LogP contribution in [0.2, 0.25) is 0 Å². The molecule has 0 saturated heterocycles. The smallest absolute Gasteiger partial charge is 0.303 e. The zero-order valence-corrected chi connectivity index (χ0v) is 7.33. The van der Waals surface area contributed by atoms with Crippen molar-refractivity contribution in [1.82, 2.24) is 0 Å². The first-order valence-corrected chi connectivity index (χ1v) is 3.63. The number of rotatable bonds is 1. The highest BCUT2D eigenvalue weighted by molar-refractivity contribution is 5.66. The standard InChI is InChI=1S/C10H10O3/c1-10(12)13-9-7-5-3-2-4-6-8-11/h2-3,11H,8-9H2,1H3/b3-2-. The van der Waals surface area contributed by atoms with E-state index in [1.807, 2.05) is 0 Å². The van der Waals surface area contributed by atoms with Crippen molar-refractivity contribution < 1.29 is 14.6 Å². The number of aliphatic hydroxyl groups excluding tert-OH is 1. The molecule has 0 spiro atoms. The van der Waals surface area contributed by atoms with Gasteiger partial charge in [-0.25, -0.2) is 0 Å². The predicted molar refractivity (Wildman–Crippen MR) is 48.4 cm³/mol. The number of aliphatic hydroxyl groups is 1. The molecule has 0 radical (unpaired) electrons. The summed E-state index contributed by atoms with van der Waals surface area (Å²) in [6, 6.07) is 0. The van der Waals surface area contributed by atoms with Crippen LogP contribution in [0.25, 0.3) is 0 Å². The second-order valence-corrected chi connectivity index (χ2v) is 1.91. The number of allylic oxidation sites excluding steroid dienone is 2. The average Bonchev–Trinajstić information content (AvgIpc) is 2.09. The maximum Gasteiger partial charge on any atom is 0.303 e. The highest BCUT2D eigenvalue weighted by Crippen LogP contribution is 1.73. The van der Waals surface area contributed by atoms with E-state index < -0.39 is 0 Å². The number of hydrogen-bond donors (Lipinski definition) is 1. The first kappa shape index (κ1) is 11.3. The molecule has 0 aromatic heterocycles. The Morgan fingerprint density at radius 3 is 2.54 bits per heavy atom. The van der Waals surface area contributed by atoms with Crippen molar-refractivity contribution in [2.75, 3.05) is 13.2 Å². The SMILES string of the molecule is CC(=O)OCC#C/C=C\C#CCO. The lowest BCUT2D eigenvalue weighted by Crippen LogP contribution is -1.97. The van der Waals surface area contributed by atoms with Crippen LogP contribution in [-0.2, 0) is 9.53 Å². The molecule has 0 aromatic rings. The van der Waals surface area contributed by atoms with Crippen LogP contribution in [0.1, 0.15) is 6.92 Å². The zero-order chi connectivity index (χ0) is 9.94. The van der Waals surface area contributed by atoms with Crippen molar-refractivity contribution in [2.45, 2.75) is 6.92 Å². The van der Waals surface area contributed by atoms with E-state index in [-0.39, 0.29) is 19.2 Å². The lowest BCUT2D eigenvalue weighted by atomic mass is 10.4. The highest BCUT2D eigenvalue weighted by atomic mass is 16.5. The first-order chi connectivity index (χ1) is 6.27. The second-order valence-electron chi connectivity index (χ2n) is 1.91. The third-order valence-electron chi connectivity index (χ3n) is 0.881. The average molecular weight is 178 g/mol. The Bertz CT molecular complexity index is 294. The Morgan fingerprint density at radius 1 is 1.38 bits per heavy atom. The van der Waals surface area contributed by atoms with Crippen LogP contribution in [0.4, 0.5) is 0 Å². The van der Waals surface area contributed by atoms with Gasteiger partial charge in [0.25, 0.3) is 0 Å². The lowest BCUT2D eigenvalue weighted by Gasteiger charge is -1.89. The number of hydrogen-bond acceptors (Lipinski definition) is 3. The quantitative estimate of drug-likeness (QED) is 0.457. The summed E-state index contributed by atoms with van der Waals surface area (Å²) in [6.07, 6.45) is 3.03. The van der Waals surface area contributed by atoms with Gasteiger partial charge in [0.15, 0.2) is 6.61 Å². The summed E-state index contributed by atoms with van der Waals surface area (Å²) in [5.41, 5.74) is 0. The van der Waals surface area contributed by atoms with Gasteiger partial charge >= 0.3 is 5.97 Å². The Morgan fingerprint density at radius 2 is 2.00 bits per heavy atom. The maximum absolute atomic E-state index is 10.3. The summed E-state index contributed by atoms with van der Waals surface area (Å²) >= 11 is 0. The molecule has 3 heteroatoms. The van der Waals surface area contributed by atoms with Gasteiger partial charge in [0.05, 0.1) is 0 Å². The van der Waals surface area contributed by atoms with Gasteiger partial charge in [0, 0.05) is 6.92 Å². The molecule has 1 N–H and O–H groups in total. The molecular weight excluding hydrogens is 168 g/mol. The fourth-order valence-electron chi connectivity index (χ4n) is 0.426. The molecule has 0 aliphatic carbocycles. The minimum Gasteiger partial charge on any atom is -0.453 e. The summed E-state index contributed by atoms with van der Waals surface area (Å²) in [5.74, 6) is 9.81. The number of ether oxygens (including phenoxy) is 1. The van der Waals surface area contributed by atoms with E-state index in [2.05, 4.69) is 28.4 Å². The summed E-state index contributed by atoms with van der Waals surface area (Å²) in [5, 5.41) is 8.27. The molecule has 0 atom stereocenters. The van der Waals surface area contributed by atoms with Crippen molar-refractivity contribution in [3.8, 4) is 23.7 Å². The molecular formula is C10H10O3. The van der Waals surface area contributed by atoms with Crippen molar-refractivity contribution >= 4 is 5.97 Å². The summed E-state index contributed by atoms with van der Waals surface area (Å²) in [4.78, 5) is 10.3. The van der Waals surface area contributed by atoms with Crippen molar-refractivity contribution in [3.05, 3.63) is 12.2 Å². The lowest BCUT2D eigenvalue weighted by molar-refractivity contribution is -0.139. The summed E-state index contributed by atoms with van der Waals surface area (Å²) in [6.45, 7) is 1.25. The molecule has 68 valence electrons. The van der Waals surface area contributed by atoms with Gasteiger partial charge in [-0.1, -0.05) is 23.7 Å². The Balaban J connectivity index is 3.61. The van der Waals surface area contributed by atoms with E-state index in [4.69, 9.17) is 5.11 Å². The largest absolute Gasteiger partial charge is 0.453 e. The molecule has 3 nitrogen and oxygen atoms in total. The van der Waals surface area contributed by atoms with Crippen molar-refractivity contribution in [1.29, 1.82) is 0 Å². The Kier molecular flexibility index (Phi) is 7.28. The highest BCUT2D eigenvalue weighted by Gasteiger charge is 1.84. The van der Waals surface area contributed by atoms with Crippen LogP contribution >= 0.6 is 0 Å². The third-order valence-corrected chi connectivity index (χ3v) is 0.881. The van der Waals surface area contributed by atoms with Gasteiger partial charge in [-0.3, -0.25) is 4.79 Å². The minimum atomic E-state index is -0.349. The third kappa shape index (κ3) is 10.3. The molecule has 0 aliphatic heterocycles. The molecule has 0 aliphatic rings. The van der Waals surface area contributed by atoms with Crippen molar-refractivity contribution in [2.24, 2.45) is 0 Å². The molecule has 0 rings (SSSR count). The fourth-order valence-corrected chi connectivity index (χ4v) is 0.426. The molecule has 0 amide bonds. The number of carbonyl (C=O) groups is 1. The van der Waals surface area contributed by atoms with Crippen LogP contribution < -0.4 is 0 Å². The van der Waals surface area contributed by atoms with Gasteiger partial charge < -0.3 is 9.84 Å². The van der Waals surface area contributed by atoms with Crippen LogP contribution in [0.15, 0.2) is 12.2 Å². The molecule has 0 aromatic carbocycles. The summed E-state index contributed by atoms with van der Waals surface area (Å²) < 4.78 is 4.55. The predicted octanol–water partition coefficient (Wildman–Crippen LogP) is 0.105. The van der Waals surface area contributed by atoms with E-state index in [9.17, 15) is 4.79 Å². The molecule has 0 heterocycles. The maximum atomic E-state index is 10.3. The zero-order valence-electron chi connectivity index (χ0n) is 7.33. The van der Waals surface area contributed by atoms with Gasteiger partial charge in [-0.15, -0.1) is 0 Å². The minimum absolute atomic E-state index is 0.0904. The van der Waals surface area contributed by atoms with E-state index in [0.717, 1.165) is 0 Å². The van der Waals surface area contributed by atoms with Crippen molar-refractivity contribution in [3.63, 3.8) is 0 Å². The molecule has 0 fully saturated rings. The van der Waals surface area contributed by atoms with E-state index in [1.54, 1.807) is 0 Å². The van der Waals surface area contributed by atoms with Crippen LogP contribution in [-0.4, -0.2) is 24.3 Å². The van der Waals surface area contributed by atoms with Crippen LogP contribution in [0, 0.1) is 23.7 Å². The van der Waals surface area contributed by atoms with E-state index >= 15 is 0 Å². The monoisotopic (exact) mass is 178 g/mol. The van der Waals surface area contributed by atoms with Gasteiger partial charge in [0.1, 0.15) is 6.61 Å². The van der Waals surface area contributed by atoms with Crippen LogP contribution in [0.5, 0.6) is 0 Å². The Labute approximate surface area is 77.4 Å². The molecule has 0 bridgehead atoms. The van der Waals surface area contributed by atoms with Crippen LogP contribution in [0.3, 0.4) is 0 Å². The molecule has 0 saturated carbocycles. The fraction of sp³-hybridized carbons (Fsp3) is 0.300. The normalized spacial score (nSPS) is 8.15. The number of carbonyl (C=O) groups excluding carboxylic acids is 1. The van der Waals surface area contributed by atoms with E-state index in [0.29, 0.717) is 0 Å². The Hall–Kier alpha value is -1.71. The van der Waals surface area contributed by atoms with Gasteiger partial charge in [0.2, 0.25) is 0 Å². The molecule has 13 heavy (non-hydrogen) atoms. The topological polar surface area (TPSA) is 46.5 Å². The number of esters is 1. The summed E-state index contributed by atoms with van der Waals surface area (Å²) in [7, 11) is 0. The van der Waals surface area contributed by atoms with Gasteiger partial charge in [-0.05, 0) is 12.2 Å². The second kappa shape index (κ2) is 8.39. The first-order valence-electron chi connectivity index (χ1n) is 3.63. The molecule has 0 unspecified atom stereocenters. The van der Waals surface area contributed by atoms with E-state index in [1.165, 1.54) is 19.1 Å². The van der Waals surface area contributed by atoms with Gasteiger partial charge in [-0.2, -0.15) is 0 Å².